The lowest BCUT2D eigenvalue weighted by Crippen LogP contribution is -2.19. The SMILES string of the molecule is C=Cc1cccc(OCC(F)(F)F)c1CC. The zero-order valence-electron chi connectivity index (χ0n) is 8.97. The van der Waals surface area contributed by atoms with Gasteiger partial charge in [-0.1, -0.05) is 31.7 Å². The molecule has 0 bridgehead atoms. The molecule has 16 heavy (non-hydrogen) atoms. The van der Waals surface area contributed by atoms with Crippen molar-refractivity contribution >= 4 is 6.08 Å². The summed E-state index contributed by atoms with van der Waals surface area (Å²) in [7, 11) is 0. The Kier molecular flexibility index (Phi) is 3.99. The van der Waals surface area contributed by atoms with Crippen LogP contribution < -0.4 is 4.74 Å². The maximum Gasteiger partial charge on any atom is 0.422 e. The molecule has 0 atom stereocenters. The molecule has 4 heteroatoms. The summed E-state index contributed by atoms with van der Waals surface area (Å²) in [6, 6.07) is 4.99. The highest BCUT2D eigenvalue weighted by Gasteiger charge is 2.28. The van der Waals surface area contributed by atoms with Gasteiger partial charge in [-0.25, -0.2) is 0 Å². The van der Waals surface area contributed by atoms with E-state index in [0.29, 0.717) is 6.42 Å². The molecule has 1 rings (SSSR count). The van der Waals surface area contributed by atoms with Crippen LogP contribution in [0.1, 0.15) is 18.1 Å². The van der Waals surface area contributed by atoms with Crippen LogP contribution in [0.2, 0.25) is 0 Å². The molecule has 0 heterocycles. The molecule has 0 aliphatic rings. The van der Waals surface area contributed by atoms with Gasteiger partial charge in [0.05, 0.1) is 0 Å². The molecule has 0 saturated carbocycles. The van der Waals surface area contributed by atoms with E-state index in [1.807, 2.05) is 6.92 Å². The predicted molar refractivity (Wildman–Crippen MR) is 57.5 cm³/mol. The van der Waals surface area contributed by atoms with Crippen LogP contribution in [0.15, 0.2) is 24.8 Å². The van der Waals surface area contributed by atoms with Gasteiger partial charge in [-0.2, -0.15) is 13.2 Å². The molecule has 1 aromatic carbocycles. The Bertz CT molecular complexity index is 369. The molecule has 0 aliphatic carbocycles. The number of hydrogen-bond acceptors (Lipinski definition) is 1. The smallest absolute Gasteiger partial charge is 0.422 e. The summed E-state index contributed by atoms with van der Waals surface area (Å²) in [5.74, 6) is 0.275. The van der Waals surface area contributed by atoms with Crippen molar-refractivity contribution in [2.45, 2.75) is 19.5 Å². The van der Waals surface area contributed by atoms with E-state index in [4.69, 9.17) is 4.74 Å². The molecule has 0 aliphatic heterocycles. The van der Waals surface area contributed by atoms with Crippen molar-refractivity contribution in [2.75, 3.05) is 6.61 Å². The van der Waals surface area contributed by atoms with Crippen LogP contribution in [-0.4, -0.2) is 12.8 Å². The van der Waals surface area contributed by atoms with Gasteiger partial charge in [0.2, 0.25) is 0 Å². The number of rotatable bonds is 4. The molecular formula is C12H13F3O. The van der Waals surface area contributed by atoms with Crippen molar-refractivity contribution < 1.29 is 17.9 Å². The van der Waals surface area contributed by atoms with Gasteiger partial charge in [-0.15, -0.1) is 0 Å². The molecule has 0 fully saturated rings. The van der Waals surface area contributed by atoms with Gasteiger partial charge < -0.3 is 4.74 Å². The van der Waals surface area contributed by atoms with E-state index >= 15 is 0 Å². The van der Waals surface area contributed by atoms with Gasteiger partial charge in [-0.3, -0.25) is 0 Å². The van der Waals surface area contributed by atoms with Gasteiger partial charge in [0.15, 0.2) is 6.61 Å². The lowest BCUT2D eigenvalue weighted by molar-refractivity contribution is -0.153. The van der Waals surface area contributed by atoms with E-state index in [1.54, 1.807) is 18.2 Å². The Morgan fingerprint density at radius 2 is 2.06 bits per heavy atom. The first-order valence-electron chi connectivity index (χ1n) is 4.91. The van der Waals surface area contributed by atoms with Crippen LogP contribution >= 0.6 is 0 Å². The number of benzene rings is 1. The number of halogens is 3. The Morgan fingerprint density at radius 1 is 1.38 bits per heavy atom. The summed E-state index contributed by atoms with van der Waals surface area (Å²) in [6.07, 6.45) is -2.09. The van der Waals surface area contributed by atoms with E-state index in [9.17, 15) is 13.2 Å². The maximum atomic E-state index is 12.0. The van der Waals surface area contributed by atoms with Gasteiger partial charge in [0, 0.05) is 5.56 Å². The largest absolute Gasteiger partial charge is 0.484 e. The summed E-state index contributed by atoms with van der Waals surface area (Å²) in [6.45, 7) is 4.21. The molecule has 88 valence electrons. The van der Waals surface area contributed by atoms with Gasteiger partial charge in [0.25, 0.3) is 0 Å². The summed E-state index contributed by atoms with van der Waals surface area (Å²) >= 11 is 0. The minimum atomic E-state index is -4.31. The number of alkyl halides is 3. The van der Waals surface area contributed by atoms with Crippen molar-refractivity contribution in [3.63, 3.8) is 0 Å². The van der Waals surface area contributed by atoms with Crippen molar-refractivity contribution in [1.82, 2.24) is 0 Å². The summed E-state index contributed by atoms with van der Waals surface area (Å²) in [5.41, 5.74) is 1.56. The molecule has 0 unspecified atom stereocenters. The number of ether oxygens (including phenoxy) is 1. The van der Waals surface area contributed by atoms with Crippen LogP contribution in [0.5, 0.6) is 5.75 Å². The van der Waals surface area contributed by atoms with Crippen LogP contribution in [0.4, 0.5) is 13.2 Å². The average Bonchev–Trinajstić information content (AvgIpc) is 2.24. The fraction of sp³-hybridized carbons (Fsp3) is 0.333. The highest BCUT2D eigenvalue weighted by Crippen LogP contribution is 2.26. The summed E-state index contributed by atoms with van der Waals surface area (Å²) in [5, 5.41) is 0. The van der Waals surface area contributed by atoms with Gasteiger partial charge in [0.1, 0.15) is 5.75 Å². The lowest BCUT2D eigenvalue weighted by Gasteiger charge is -2.14. The minimum absolute atomic E-state index is 0.275. The van der Waals surface area contributed by atoms with Crippen LogP contribution in [0, 0.1) is 0 Å². The van der Waals surface area contributed by atoms with Crippen LogP contribution in [0.3, 0.4) is 0 Å². The highest BCUT2D eigenvalue weighted by molar-refractivity contribution is 5.56. The van der Waals surface area contributed by atoms with Crippen molar-refractivity contribution in [1.29, 1.82) is 0 Å². The van der Waals surface area contributed by atoms with Gasteiger partial charge in [-0.05, 0) is 18.1 Å². The minimum Gasteiger partial charge on any atom is -0.484 e. The van der Waals surface area contributed by atoms with Crippen LogP contribution in [-0.2, 0) is 6.42 Å². The second-order valence-electron chi connectivity index (χ2n) is 3.29. The Hall–Kier alpha value is -1.45. The monoisotopic (exact) mass is 230 g/mol. The molecule has 0 N–H and O–H groups in total. The lowest BCUT2D eigenvalue weighted by atomic mass is 10.0. The standard InChI is InChI=1S/C12H13F3O/c1-3-9-6-5-7-11(10(9)4-2)16-8-12(13,14)15/h3,5-7H,1,4,8H2,2H3. The van der Waals surface area contributed by atoms with E-state index in [0.717, 1.165) is 11.1 Å². The van der Waals surface area contributed by atoms with E-state index in [1.165, 1.54) is 6.07 Å². The quantitative estimate of drug-likeness (QED) is 0.763. The van der Waals surface area contributed by atoms with E-state index in [2.05, 4.69) is 6.58 Å². The molecule has 0 radical (unpaired) electrons. The topological polar surface area (TPSA) is 9.23 Å². The maximum absolute atomic E-state index is 12.0. The predicted octanol–water partition coefficient (Wildman–Crippen LogP) is 3.83. The molecule has 0 saturated heterocycles. The summed E-state index contributed by atoms with van der Waals surface area (Å²) < 4.78 is 40.8. The fourth-order valence-corrected chi connectivity index (χ4v) is 1.45. The second kappa shape index (κ2) is 5.05. The highest BCUT2D eigenvalue weighted by atomic mass is 19.4. The molecule has 1 nitrogen and oxygen atoms in total. The zero-order chi connectivity index (χ0) is 12.2. The molecule has 1 aromatic rings. The number of hydrogen-bond donors (Lipinski definition) is 0. The first-order chi connectivity index (χ1) is 7.48. The second-order valence-corrected chi connectivity index (χ2v) is 3.29. The zero-order valence-corrected chi connectivity index (χ0v) is 8.97. The first-order valence-corrected chi connectivity index (χ1v) is 4.91. The molecule has 0 aromatic heterocycles. The third-order valence-electron chi connectivity index (χ3n) is 2.13. The summed E-state index contributed by atoms with van der Waals surface area (Å²) in [4.78, 5) is 0. The Morgan fingerprint density at radius 3 is 2.56 bits per heavy atom. The Labute approximate surface area is 92.5 Å². The molecular weight excluding hydrogens is 217 g/mol. The average molecular weight is 230 g/mol. The van der Waals surface area contributed by atoms with Crippen LogP contribution in [0.25, 0.3) is 6.08 Å². The van der Waals surface area contributed by atoms with Crippen molar-refractivity contribution in [3.05, 3.63) is 35.9 Å². The fourth-order valence-electron chi connectivity index (χ4n) is 1.45. The van der Waals surface area contributed by atoms with E-state index < -0.39 is 12.8 Å². The Balaban J connectivity index is 2.91. The van der Waals surface area contributed by atoms with Crippen molar-refractivity contribution in [3.8, 4) is 5.75 Å². The van der Waals surface area contributed by atoms with Crippen molar-refractivity contribution in [2.24, 2.45) is 0 Å². The van der Waals surface area contributed by atoms with E-state index in [-0.39, 0.29) is 5.75 Å². The molecule has 0 amide bonds. The normalized spacial score (nSPS) is 11.2. The first kappa shape index (κ1) is 12.6. The third-order valence-corrected chi connectivity index (χ3v) is 2.13. The van der Waals surface area contributed by atoms with Gasteiger partial charge >= 0.3 is 6.18 Å². The third kappa shape index (κ3) is 3.29. The molecule has 0 spiro atoms.